The molecule has 0 unspecified atom stereocenters. The Morgan fingerprint density at radius 1 is 0.944 bits per heavy atom. The zero-order valence-corrected chi connectivity index (χ0v) is 10.4. The minimum atomic E-state index is 1.07. The van der Waals surface area contributed by atoms with E-state index >= 15 is 0 Å². The van der Waals surface area contributed by atoms with Crippen LogP contribution in [-0.2, 0) is 0 Å². The van der Waals surface area contributed by atoms with Gasteiger partial charge in [-0.15, -0.1) is 11.3 Å². The standard InChI is InChI=1S/C15H10N2S/c1-2-4-13-11(3-1)12-6-5-10(9-14(12)17-13)15-16-7-8-18-15/h1-9,17H. The van der Waals surface area contributed by atoms with Crippen molar-refractivity contribution in [3.63, 3.8) is 0 Å². The lowest BCUT2D eigenvalue weighted by molar-refractivity contribution is 1.42. The number of benzene rings is 2. The molecule has 0 radical (unpaired) electrons. The minimum absolute atomic E-state index is 1.07. The second-order valence-electron chi connectivity index (χ2n) is 4.27. The molecule has 2 nitrogen and oxygen atoms in total. The molecule has 0 spiro atoms. The van der Waals surface area contributed by atoms with Gasteiger partial charge in [0.05, 0.1) is 0 Å². The monoisotopic (exact) mass is 250 g/mol. The number of nitrogens with one attached hydrogen (secondary N) is 1. The largest absolute Gasteiger partial charge is 0.354 e. The summed E-state index contributed by atoms with van der Waals surface area (Å²) in [5, 5.41) is 5.62. The molecule has 0 saturated heterocycles. The lowest BCUT2D eigenvalue weighted by atomic mass is 10.1. The van der Waals surface area contributed by atoms with E-state index < -0.39 is 0 Å². The Morgan fingerprint density at radius 3 is 2.72 bits per heavy atom. The Labute approximate surface area is 108 Å². The van der Waals surface area contributed by atoms with Crippen LogP contribution in [0.5, 0.6) is 0 Å². The molecule has 0 saturated carbocycles. The number of para-hydroxylation sites is 1. The average molecular weight is 250 g/mol. The predicted octanol–water partition coefficient (Wildman–Crippen LogP) is 4.44. The topological polar surface area (TPSA) is 28.7 Å². The molecule has 86 valence electrons. The van der Waals surface area contributed by atoms with Gasteiger partial charge in [-0.1, -0.05) is 30.3 Å². The Bertz CT molecular complexity index is 828. The van der Waals surface area contributed by atoms with Crippen LogP contribution in [0.3, 0.4) is 0 Å². The first kappa shape index (κ1) is 9.85. The van der Waals surface area contributed by atoms with Gasteiger partial charge in [-0.05, 0) is 12.1 Å². The van der Waals surface area contributed by atoms with Crippen LogP contribution in [0.1, 0.15) is 0 Å². The lowest BCUT2D eigenvalue weighted by Gasteiger charge is -1.96. The molecular formula is C15H10N2S. The fraction of sp³-hybridized carbons (Fsp3) is 0. The summed E-state index contributed by atoms with van der Waals surface area (Å²) in [4.78, 5) is 7.81. The molecule has 0 bridgehead atoms. The van der Waals surface area contributed by atoms with E-state index in [4.69, 9.17) is 0 Å². The van der Waals surface area contributed by atoms with Crippen molar-refractivity contribution in [3.8, 4) is 10.6 Å². The minimum Gasteiger partial charge on any atom is -0.354 e. The Hall–Kier alpha value is -2.13. The van der Waals surface area contributed by atoms with Gasteiger partial charge in [-0.25, -0.2) is 4.98 Å². The zero-order valence-electron chi connectivity index (χ0n) is 9.55. The van der Waals surface area contributed by atoms with Crippen LogP contribution >= 0.6 is 11.3 Å². The summed E-state index contributed by atoms with van der Waals surface area (Å²) >= 11 is 1.67. The number of aromatic amines is 1. The SMILES string of the molecule is c1ccc2c(c1)[nH]c1cc(-c3nccs3)ccc12. The van der Waals surface area contributed by atoms with Crippen LogP contribution in [0.25, 0.3) is 32.4 Å². The number of nitrogens with zero attached hydrogens (tertiary/aromatic N) is 1. The van der Waals surface area contributed by atoms with Gasteiger partial charge >= 0.3 is 0 Å². The molecule has 0 fully saturated rings. The van der Waals surface area contributed by atoms with E-state index in [1.54, 1.807) is 11.3 Å². The summed E-state index contributed by atoms with van der Waals surface area (Å²) in [5.74, 6) is 0. The van der Waals surface area contributed by atoms with Crippen molar-refractivity contribution >= 4 is 33.1 Å². The van der Waals surface area contributed by atoms with Gasteiger partial charge < -0.3 is 4.98 Å². The van der Waals surface area contributed by atoms with Crippen molar-refractivity contribution in [1.82, 2.24) is 9.97 Å². The molecule has 0 atom stereocenters. The quantitative estimate of drug-likeness (QED) is 0.531. The molecule has 4 rings (SSSR count). The molecule has 18 heavy (non-hydrogen) atoms. The molecule has 2 heterocycles. The van der Waals surface area contributed by atoms with Crippen molar-refractivity contribution in [1.29, 1.82) is 0 Å². The summed E-state index contributed by atoms with van der Waals surface area (Å²) < 4.78 is 0. The first-order valence-corrected chi connectivity index (χ1v) is 6.70. The number of thiazole rings is 1. The molecule has 2 aromatic carbocycles. The third-order valence-electron chi connectivity index (χ3n) is 3.19. The molecule has 0 aliphatic heterocycles. The highest BCUT2D eigenvalue weighted by Gasteiger charge is 2.06. The zero-order chi connectivity index (χ0) is 11.9. The van der Waals surface area contributed by atoms with Gasteiger partial charge in [0.1, 0.15) is 5.01 Å². The molecule has 4 aromatic rings. The van der Waals surface area contributed by atoms with Gasteiger partial charge in [0.25, 0.3) is 0 Å². The highest BCUT2D eigenvalue weighted by molar-refractivity contribution is 7.13. The number of rotatable bonds is 1. The van der Waals surface area contributed by atoms with Crippen LogP contribution in [0.2, 0.25) is 0 Å². The maximum Gasteiger partial charge on any atom is 0.123 e. The number of hydrogen-bond donors (Lipinski definition) is 1. The van der Waals surface area contributed by atoms with E-state index in [0.717, 1.165) is 5.01 Å². The maximum absolute atomic E-state index is 4.35. The summed E-state index contributed by atoms with van der Waals surface area (Å²) in [6.45, 7) is 0. The van der Waals surface area contributed by atoms with Gasteiger partial charge in [-0.2, -0.15) is 0 Å². The molecule has 0 aliphatic carbocycles. The van der Waals surface area contributed by atoms with E-state index in [9.17, 15) is 0 Å². The van der Waals surface area contributed by atoms with E-state index in [1.165, 1.54) is 27.4 Å². The van der Waals surface area contributed by atoms with Crippen molar-refractivity contribution in [2.75, 3.05) is 0 Å². The van der Waals surface area contributed by atoms with Crippen LogP contribution in [0, 0.1) is 0 Å². The van der Waals surface area contributed by atoms with Crippen molar-refractivity contribution < 1.29 is 0 Å². The van der Waals surface area contributed by atoms with Gasteiger partial charge in [0.15, 0.2) is 0 Å². The first-order valence-electron chi connectivity index (χ1n) is 5.82. The van der Waals surface area contributed by atoms with Crippen molar-refractivity contribution in [3.05, 3.63) is 54.0 Å². The second-order valence-corrected chi connectivity index (χ2v) is 5.16. The third kappa shape index (κ3) is 1.38. The molecule has 3 heteroatoms. The van der Waals surface area contributed by atoms with E-state index in [-0.39, 0.29) is 0 Å². The van der Waals surface area contributed by atoms with Crippen molar-refractivity contribution in [2.45, 2.75) is 0 Å². The summed E-state index contributed by atoms with van der Waals surface area (Å²) in [5.41, 5.74) is 3.52. The smallest absolute Gasteiger partial charge is 0.123 e. The van der Waals surface area contributed by atoms with Gasteiger partial charge in [0, 0.05) is 38.9 Å². The van der Waals surface area contributed by atoms with Crippen LogP contribution < -0.4 is 0 Å². The summed E-state index contributed by atoms with van der Waals surface area (Å²) in [6, 6.07) is 14.9. The summed E-state index contributed by atoms with van der Waals surface area (Å²) in [7, 11) is 0. The van der Waals surface area contributed by atoms with E-state index in [2.05, 4.69) is 52.4 Å². The molecule has 1 N–H and O–H groups in total. The first-order chi connectivity index (χ1) is 8.92. The number of H-pyrrole nitrogens is 1. The Kier molecular flexibility index (Phi) is 2.02. The highest BCUT2D eigenvalue weighted by atomic mass is 32.1. The van der Waals surface area contributed by atoms with Crippen molar-refractivity contribution in [2.24, 2.45) is 0 Å². The summed E-state index contributed by atoms with van der Waals surface area (Å²) in [6.07, 6.45) is 1.84. The van der Waals surface area contributed by atoms with E-state index in [0.29, 0.717) is 0 Å². The highest BCUT2D eigenvalue weighted by Crippen LogP contribution is 2.30. The molecule has 0 amide bonds. The van der Waals surface area contributed by atoms with Crippen LogP contribution in [0.4, 0.5) is 0 Å². The molecule has 2 aromatic heterocycles. The lowest BCUT2D eigenvalue weighted by Crippen LogP contribution is -1.75. The Morgan fingerprint density at radius 2 is 1.83 bits per heavy atom. The van der Waals surface area contributed by atoms with Gasteiger partial charge in [-0.3, -0.25) is 0 Å². The van der Waals surface area contributed by atoms with Gasteiger partial charge in [0.2, 0.25) is 0 Å². The number of fused-ring (bicyclic) bond motifs is 3. The average Bonchev–Trinajstić information content (AvgIpc) is 3.05. The maximum atomic E-state index is 4.35. The third-order valence-corrected chi connectivity index (χ3v) is 4.01. The predicted molar refractivity (Wildman–Crippen MR) is 76.9 cm³/mol. The number of aromatic nitrogens is 2. The van der Waals surface area contributed by atoms with Crippen LogP contribution in [-0.4, -0.2) is 9.97 Å². The van der Waals surface area contributed by atoms with Crippen LogP contribution in [0.15, 0.2) is 54.0 Å². The fourth-order valence-corrected chi connectivity index (χ4v) is 2.99. The van der Waals surface area contributed by atoms with E-state index in [1.807, 2.05) is 11.6 Å². The normalized spacial score (nSPS) is 11.3. The Balaban J connectivity index is 2.04. The molecule has 0 aliphatic rings. The number of hydrogen-bond acceptors (Lipinski definition) is 2. The second kappa shape index (κ2) is 3.68. The molecular weight excluding hydrogens is 240 g/mol. The fourth-order valence-electron chi connectivity index (χ4n) is 2.35.